The van der Waals surface area contributed by atoms with Crippen LogP contribution in [0, 0.1) is 11.3 Å². The highest BCUT2D eigenvalue weighted by molar-refractivity contribution is 5.80. The summed E-state index contributed by atoms with van der Waals surface area (Å²) in [5.41, 5.74) is 0.359. The number of carbonyl (C=O) groups excluding carboxylic acids is 1. The van der Waals surface area contributed by atoms with Crippen LogP contribution in [0.25, 0.3) is 0 Å². The smallest absolute Gasteiger partial charge is 0.133 e. The molecule has 0 aliphatic heterocycles. The molecule has 2 heteroatoms. The largest absolute Gasteiger partial charge is 0.396 e. The van der Waals surface area contributed by atoms with Gasteiger partial charge in [0, 0.05) is 19.4 Å². The highest BCUT2D eigenvalue weighted by Crippen LogP contribution is 2.61. The van der Waals surface area contributed by atoms with E-state index in [1.165, 1.54) is 12.8 Å². The van der Waals surface area contributed by atoms with E-state index in [0.717, 1.165) is 25.7 Å². The first-order valence-electron chi connectivity index (χ1n) is 4.89. The molecule has 1 N–H and O–H groups in total. The second-order valence-electron chi connectivity index (χ2n) is 4.34. The van der Waals surface area contributed by atoms with Crippen LogP contribution >= 0.6 is 0 Å². The van der Waals surface area contributed by atoms with Gasteiger partial charge >= 0.3 is 0 Å². The summed E-state index contributed by atoms with van der Waals surface area (Å²) in [6.45, 7) is 0.292. The number of aliphatic hydroxyl groups excluding tert-OH is 1. The first-order chi connectivity index (χ1) is 5.77. The molecule has 0 aromatic rings. The van der Waals surface area contributed by atoms with Crippen molar-refractivity contribution in [2.45, 2.75) is 38.5 Å². The van der Waals surface area contributed by atoms with Crippen molar-refractivity contribution in [3.63, 3.8) is 0 Å². The molecule has 2 atom stereocenters. The lowest BCUT2D eigenvalue weighted by atomic mass is 9.83. The lowest BCUT2D eigenvalue weighted by Gasteiger charge is -2.21. The van der Waals surface area contributed by atoms with Crippen LogP contribution in [0.1, 0.15) is 38.5 Å². The topological polar surface area (TPSA) is 37.3 Å². The molecule has 12 heavy (non-hydrogen) atoms. The predicted octanol–water partition coefficient (Wildman–Crippen LogP) is 1.52. The highest BCUT2D eigenvalue weighted by Gasteiger charge is 2.54. The maximum Gasteiger partial charge on any atom is 0.133 e. The van der Waals surface area contributed by atoms with Gasteiger partial charge in [0.25, 0.3) is 0 Å². The fourth-order valence-corrected chi connectivity index (χ4v) is 2.73. The summed E-state index contributed by atoms with van der Waals surface area (Å²) in [4.78, 5) is 11.2. The molecule has 2 rings (SSSR count). The first-order valence-corrected chi connectivity index (χ1v) is 4.89. The summed E-state index contributed by atoms with van der Waals surface area (Å²) in [5, 5.41) is 8.77. The maximum atomic E-state index is 11.2. The van der Waals surface area contributed by atoms with E-state index in [0.29, 0.717) is 23.7 Å². The molecule has 0 saturated heterocycles. The zero-order chi connectivity index (χ0) is 8.60. The van der Waals surface area contributed by atoms with E-state index in [1.807, 2.05) is 0 Å². The van der Waals surface area contributed by atoms with Crippen molar-refractivity contribution in [3.05, 3.63) is 0 Å². The molecule has 2 fully saturated rings. The van der Waals surface area contributed by atoms with E-state index in [9.17, 15) is 4.79 Å². The van der Waals surface area contributed by atoms with E-state index in [-0.39, 0.29) is 0 Å². The number of Topliss-reactive ketones (excluding diaryl/α,β-unsaturated/α-hetero) is 1. The van der Waals surface area contributed by atoms with E-state index in [1.54, 1.807) is 0 Å². The fourth-order valence-electron chi connectivity index (χ4n) is 2.73. The molecular formula is C10H16O2. The summed E-state index contributed by atoms with van der Waals surface area (Å²) in [5.74, 6) is 1.11. The Labute approximate surface area is 73.0 Å². The Kier molecular flexibility index (Phi) is 1.95. The van der Waals surface area contributed by atoms with Crippen molar-refractivity contribution < 1.29 is 9.90 Å². The van der Waals surface area contributed by atoms with Crippen molar-refractivity contribution in [2.75, 3.05) is 6.61 Å². The van der Waals surface area contributed by atoms with E-state index in [4.69, 9.17) is 5.11 Å². The van der Waals surface area contributed by atoms with Crippen molar-refractivity contribution in [3.8, 4) is 0 Å². The summed E-state index contributed by atoms with van der Waals surface area (Å²) in [6.07, 6.45) is 6.02. The molecule has 2 aliphatic carbocycles. The average Bonchev–Trinajstić information content (AvgIpc) is 2.63. The Morgan fingerprint density at radius 2 is 2.42 bits per heavy atom. The van der Waals surface area contributed by atoms with Gasteiger partial charge in [0.1, 0.15) is 5.78 Å². The van der Waals surface area contributed by atoms with Gasteiger partial charge < -0.3 is 5.11 Å². The molecule has 0 bridgehead atoms. The number of hydrogen-bond donors (Lipinski definition) is 1. The van der Waals surface area contributed by atoms with Gasteiger partial charge in [-0.2, -0.15) is 0 Å². The van der Waals surface area contributed by atoms with E-state index < -0.39 is 0 Å². The molecule has 0 aromatic carbocycles. The third-order valence-electron chi connectivity index (χ3n) is 3.52. The van der Waals surface area contributed by atoms with Gasteiger partial charge in [-0.25, -0.2) is 0 Å². The molecular weight excluding hydrogens is 152 g/mol. The summed E-state index contributed by atoms with van der Waals surface area (Å²) in [6, 6.07) is 0. The van der Waals surface area contributed by atoms with Gasteiger partial charge in [0.2, 0.25) is 0 Å². The second kappa shape index (κ2) is 2.84. The number of rotatable bonds is 2. The van der Waals surface area contributed by atoms with Gasteiger partial charge in [-0.1, -0.05) is 0 Å². The van der Waals surface area contributed by atoms with Gasteiger partial charge in [-0.3, -0.25) is 4.79 Å². The number of aliphatic hydroxyl groups is 1. The summed E-state index contributed by atoms with van der Waals surface area (Å²) >= 11 is 0. The molecule has 0 radical (unpaired) electrons. The zero-order valence-electron chi connectivity index (χ0n) is 7.38. The minimum Gasteiger partial charge on any atom is -0.396 e. The number of carbonyl (C=O) groups is 1. The SMILES string of the molecule is O=C1CCCC2(C1)CC2CCO. The molecule has 68 valence electrons. The standard InChI is InChI=1S/C10H16O2/c11-5-3-8-6-10(8)4-1-2-9(12)7-10/h8,11H,1-7H2. The van der Waals surface area contributed by atoms with Crippen molar-refractivity contribution >= 4 is 5.78 Å². The van der Waals surface area contributed by atoms with Crippen molar-refractivity contribution in [1.29, 1.82) is 0 Å². The molecule has 1 spiro atoms. The van der Waals surface area contributed by atoms with Crippen LogP contribution in [-0.2, 0) is 4.79 Å². The lowest BCUT2D eigenvalue weighted by molar-refractivity contribution is -0.122. The molecule has 0 amide bonds. The Bertz CT molecular complexity index is 200. The van der Waals surface area contributed by atoms with Crippen molar-refractivity contribution in [2.24, 2.45) is 11.3 Å². The van der Waals surface area contributed by atoms with Crippen LogP contribution in [0.15, 0.2) is 0 Å². The third kappa shape index (κ3) is 1.28. The molecule has 0 heterocycles. The number of ketones is 1. The third-order valence-corrected chi connectivity index (χ3v) is 3.52. The summed E-state index contributed by atoms with van der Waals surface area (Å²) in [7, 11) is 0. The Hall–Kier alpha value is -0.370. The van der Waals surface area contributed by atoms with Gasteiger partial charge in [-0.15, -0.1) is 0 Å². The lowest BCUT2D eigenvalue weighted by Crippen LogP contribution is -2.18. The average molecular weight is 168 g/mol. The Balaban J connectivity index is 1.92. The molecule has 0 aromatic heterocycles. The minimum atomic E-state index is 0.292. The van der Waals surface area contributed by atoms with E-state index >= 15 is 0 Å². The van der Waals surface area contributed by atoms with Crippen LogP contribution in [0.3, 0.4) is 0 Å². The van der Waals surface area contributed by atoms with E-state index in [2.05, 4.69) is 0 Å². The van der Waals surface area contributed by atoms with Crippen molar-refractivity contribution in [1.82, 2.24) is 0 Å². The quantitative estimate of drug-likeness (QED) is 0.678. The van der Waals surface area contributed by atoms with Gasteiger partial charge in [0.15, 0.2) is 0 Å². The first kappa shape index (κ1) is 8.24. The van der Waals surface area contributed by atoms with Gasteiger partial charge in [-0.05, 0) is 37.0 Å². The molecule has 2 aliphatic rings. The maximum absolute atomic E-state index is 11.2. The highest BCUT2D eigenvalue weighted by atomic mass is 16.3. The van der Waals surface area contributed by atoms with Crippen LogP contribution in [0.2, 0.25) is 0 Å². The minimum absolute atomic E-state index is 0.292. The summed E-state index contributed by atoms with van der Waals surface area (Å²) < 4.78 is 0. The second-order valence-corrected chi connectivity index (χ2v) is 4.34. The van der Waals surface area contributed by atoms with Gasteiger partial charge in [0.05, 0.1) is 0 Å². The van der Waals surface area contributed by atoms with Crippen LogP contribution in [0.4, 0.5) is 0 Å². The molecule has 2 unspecified atom stereocenters. The Morgan fingerprint density at radius 3 is 3.08 bits per heavy atom. The van der Waals surface area contributed by atoms with Crippen LogP contribution < -0.4 is 0 Å². The number of hydrogen-bond acceptors (Lipinski definition) is 2. The monoisotopic (exact) mass is 168 g/mol. The normalized spacial score (nSPS) is 40.4. The molecule has 2 nitrogen and oxygen atoms in total. The van der Waals surface area contributed by atoms with Crippen LogP contribution in [0.5, 0.6) is 0 Å². The zero-order valence-corrected chi connectivity index (χ0v) is 7.38. The Morgan fingerprint density at radius 1 is 1.58 bits per heavy atom. The fraction of sp³-hybridized carbons (Fsp3) is 0.900. The predicted molar refractivity (Wildman–Crippen MR) is 45.7 cm³/mol. The molecule has 2 saturated carbocycles. The van der Waals surface area contributed by atoms with Crippen LogP contribution in [-0.4, -0.2) is 17.5 Å².